The van der Waals surface area contributed by atoms with E-state index in [-0.39, 0.29) is 0 Å². The summed E-state index contributed by atoms with van der Waals surface area (Å²) in [4.78, 5) is 0. The first kappa shape index (κ1) is 14.4. The Morgan fingerprint density at radius 3 is 2.53 bits per heavy atom. The molecule has 0 unspecified atom stereocenters. The maximum atomic E-state index is 5.30. The molecule has 1 N–H and O–H groups in total. The second-order valence-corrected chi connectivity index (χ2v) is 6.62. The Labute approximate surface area is 117 Å². The van der Waals surface area contributed by atoms with Crippen molar-refractivity contribution in [2.24, 2.45) is 5.41 Å². The first-order valence-corrected chi connectivity index (χ1v) is 7.37. The Balaban J connectivity index is 1.84. The van der Waals surface area contributed by atoms with Gasteiger partial charge in [-0.25, -0.2) is 0 Å². The van der Waals surface area contributed by atoms with Crippen molar-refractivity contribution in [2.75, 3.05) is 7.11 Å². The van der Waals surface area contributed by atoms with E-state index in [1.807, 2.05) is 0 Å². The molecule has 1 aliphatic carbocycles. The van der Waals surface area contributed by atoms with Crippen molar-refractivity contribution in [3.63, 3.8) is 0 Å². The summed E-state index contributed by atoms with van der Waals surface area (Å²) in [6.07, 6.45) is 5.29. The lowest BCUT2D eigenvalue weighted by Crippen LogP contribution is -2.35. The van der Waals surface area contributed by atoms with Crippen molar-refractivity contribution in [1.29, 1.82) is 0 Å². The van der Waals surface area contributed by atoms with Gasteiger partial charge in [-0.05, 0) is 55.2 Å². The topological polar surface area (TPSA) is 21.3 Å². The van der Waals surface area contributed by atoms with Gasteiger partial charge in [-0.1, -0.05) is 26.0 Å². The van der Waals surface area contributed by atoms with Crippen LogP contribution in [0.15, 0.2) is 18.2 Å². The first-order chi connectivity index (χ1) is 9.00. The first-order valence-electron chi connectivity index (χ1n) is 7.37. The van der Waals surface area contributed by atoms with Crippen LogP contribution in [0.25, 0.3) is 0 Å². The summed E-state index contributed by atoms with van der Waals surface area (Å²) < 4.78 is 5.30. The van der Waals surface area contributed by atoms with Crippen molar-refractivity contribution >= 4 is 0 Å². The SMILES string of the molecule is COc1ccc(CNC2CCC(C)(C)CC2)cc1C. The van der Waals surface area contributed by atoms with Crippen LogP contribution < -0.4 is 10.1 Å². The fourth-order valence-electron chi connectivity index (χ4n) is 2.92. The van der Waals surface area contributed by atoms with E-state index in [0.29, 0.717) is 11.5 Å². The molecule has 0 bridgehead atoms. The molecule has 1 aliphatic rings. The predicted octanol–water partition coefficient (Wildman–Crippen LogP) is 4.06. The molecule has 0 radical (unpaired) electrons. The lowest BCUT2D eigenvalue weighted by Gasteiger charge is -2.34. The van der Waals surface area contributed by atoms with Crippen LogP contribution in [-0.2, 0) is 6.54 Å². The van der Waals surface area contributed by atoms with E-state index in [1.165, 1.54) is 36.8 Å². The summed E-state index contributed by atoms with van der Waals surface area (Å²) in [5.74, 6) is 0.975. The van der Waals surface area contributed by atoms with Crippen molar-refractivity contribution in [3.05, 3.63) is 29.3 Å². The summed E-state index contributed by atoms with van der Waals surface area (Å²) in [5, 5.41) is 3.70. The molecule has 0 saturated heterocycles. The van der Waals surface area contributed by atoms with E-state index in [9.17, 15) is 0 Å². The maximum absolute atomic E-state index is 5.30. The van der Waals surface area contributed by atoms with Gasteiger partial charge in [-0.3, -0.25) is 0 Å². The normalized spacial score (nSPS) is 19.4. The Morgan fingerprint density at radius 2 is 1.95 bits per heavy atom. The predicted molar refractivity (Wildman–Crippen MR) is 80.6 cm³/mol. The zero-order chi connectivity index (χ0) is 13.9. The molecule has 0 heterocycles. The Bertz CT molecular complexity index is 415. The number of nitrogens with one attached hydrogen (secondary N) is 1. The molecule has 1 aromatic rings. The molecular formula is C17H27NO. The molecule has 1 aromatic carbocycles. The van der Waals surface area contributed by atoms with Gasteiger partial charge in [-0.2, -0.15) is 0 Å². The smallest absolute Gasteiger partial charge is 0.121 e. The molecule has 2 rings (SSSR count). The average Bonchev–Trinajstić information content (AvgIpc) is 2.38. The third kappa shape index (κ3) is 3.97. The van der Waals surface area contributed by atoms with Crippen LogP contribution in [0, 0.1) is 12.3 Å². The minimum atomic E-state index is 0.550. The van der Waals surface area contributed by atoms with Crippen LogP contribution in [0.5, 0.6) is 5.75 Å². The standard InChI is InChI=1S/C17H27NO/c1-13-11-14(5-6-16(13)19-4)12-18-15-7-9-17(2,3)10-8-15/h5-6,11,15,18H,7-10,12H2,1-4H3. The van der Waals surface area contributed by atoms with Crippen molar-refractivity contribution in [1.82, 2.24) is 5.32 Å². The van der Waals surface area contributed by atoms with Gasteiger partial charge in [0.25, 0.3) is 0 Å². The summed E-state index contributed by atoms with van der Waals surface area (Å²) in [6.45, 7) is 7.84. The molecule has 106 valence electrons. The van der Waals surface area contributed by atoms with Crippen LogP contribution >= 0.6 is 0 Å². The van der Waals surface area contributed by atoms with Gasteiger partial charge in [0.1, 0.15) is 5.75 Å². The molecule has 0 spiro atoms. The number of hydrogen-bond donors (Lipinski definition) is 1. The lowest BCUT2D eigenvalue weighted by atomic mass is 9.75. The molecule has 2 heteroatoms. The van der Waals surface area contributed by atoms with Gasteiger partial charge in [0.2, 0.25) is 0 Å². The Hall–Kier alpha value is -1.02. The third-order valence-corrected chi connectivity index (χ3v) is 4.39. The van der Waals surface area contributed by atoms with E-state index in [4.69, 9.17) is 4.74 Å². The van der Waals surface area contributed by atoms with Gasteiger partial charge in [0.15, 0.2) is 0 Å². The zero-order valence-electron chi connectivity index (χ0n) is 12.8. The fourth-order valence-corrected chi connectivity index (χ4v) is 2.92. The average molecular weight is 261 g/mol. The van der Waals surface area contributed by atoms with Crippen molar-refractivity contribution < 1.29 is 4.74 Å². The third-order valence-electron chi connectivity index (χ3n) is 4.39. The maximum Gasteiger partial charge on any atom is 0.121 e. The Kier molecular flexibility index (Phi) is 4.51. The summed E-state index contributed by atoms with van der Waals surface area (Å²) in [5.41, 5.74) is 3.12. The monoisotopic (exact) mass is 261 g/mol. The van der Waals surface area contributed by atoms with E-state index in [0.717, 1.165) is 12.3 Å². The number of benzene rings is 1. The largest absolute Gasteiger partial charge is 0.496 e. The molecule has 1 saturated carbocycles. The van der Waals surface area contributed by atoms with E-state index in [1.54, 1.807) is 7.11 Å². The quantitative estimate of drug-likeness (QED) is 0.882. The summed E-state index contributed by atoms with van der Waals surface area (Å²) >= 11 is 0. The number of methoxy groups -OCH3 is 1. The van der Waals surface area contributed by atoms with Crippen LogP contribution in [0.1, 0.15) is 50.7 Å². The highest BCUT2D eigenvalue weighted by Crippen LogP contribution is 2.35. The number of hydrogen-bond acceptors (Lipinski definition) is 2. The number of ether oxygens (including phenoxy) is 1. The summed E-state index contributed by atoms with van der Waals surface area (Å²) in [6, 6.07) is 7.14. The molecule has 0 amide bonds. The van der Waals surface area contributed by atoms with Gasteiger partial charge in [0, 0.05) is 12.6 Å². The zero-order valence-corrected chi connectivity index (χ0v) is 12.8. The molecule has 1 fully saturated rings. The van der Waals surface area contributed by atoms with Gasteiger partial charge in [-0.15, -0.1) is 0 Å². The molecule has 0 atom stereocenters. The van der Waals surface area contributed by atoms with E-state index in [2.05, 4.69) is 44.3 Å². The van der Waals surface area contributed by atoms with Crippen LogP contribution in [0.2, 0.25) is 0 Å². The second kappa shape index (κ2) is 5.96. The van der Waals surface area contributed by atoms with Gasteiger partial charge < -0.3 is 10.1 Å². The Morgan fingerprint density at radius 1 is 1.26 bits per heavy atom. The fraction of sp³-hybridized carbons (Fsp3) is 0.647. The van der Waals surface area contributed by atoms with E-state index < -0.39 is 0 Å². The number of aryl methyl sites for hydroxylation is 1. The molecule has 2 nitrogen and oxygen atoms in total. The second-order valence-electron chi connectivity index (χ2n) is 6.62. The van der Waals surface area contributed by atoms with Crippen molar-refractivity contribution in [3.8, 4) is 5.75 Å². The summed E-state index contributed by atoms with van der Waals surface area (Å²) in [7, 11) is 1.73. The molecule has 0 aromatic heterocycles. The highest BCUT2D eigenvalue weighted by atomic mass is 16.5. The van der Waals surface area contributed by atoms with Crippen LogP contribution in [-0.4, -0.2) is 13.2 Å². The molecule has 19 heavy (non-hydrogen) atoms. The van der Waals surface area contributed by atoms with E-state index >= 15 is 0 Å². The van der Waals surface area contributed by atoms with Gasteiger partial charge in [0.05, 0.1) is 7.11 Å². The highest BCUT2D eigenvalue weighted by molar-refractivity contribution is 5.36. The van der Waals surface area contributed by atoms with Crippen LogP contribution in [0.3, 0.4) is 0 Å². The van der Waals surface area contributed by atoms with Crippen molar-refractivity contribution in [2.45, 2.75) is 59.0 Å². The number of rotatable bonds is 4. The minimum Gasteiger partial charge on any atom is -0.496 e. The minimum absolute atomic E-state index is 0.550. The lowest BCUT2D eigenvalue weighted by molar-refractivity contribution is 0.206. The van der Waals surface area contributed by atoms with Crippen LogP contribution in [0.4, 0.5) is 0 Å². The molecular weight excluding hydrogens is 234 g/mol. The highest BCUT2D eigenvalue weighted by Gasteiger charge is 2.26. The molecule has 0 aliphatic heterocycles. The van der Waals surface area contributed by atoms with Gasteiger partial charge >= 0.3 is 0 Å².